The molecular formula is C78H62N8Ru. The summed E-state index contributed by atoms with van der Waals surface area (Å²) in [6.07, 6.45) is 19.6. The van der Waals surface area contributed by atoms with Crippen molar-refractivity contribution in [3.05, 3.63) is 302 Å². The van der Waals surface area contributed by atoms with Crippen LogP contribution in [0.1, 0.15) is 22.3 Å². The zero-order valence-electron chi connectivity index (χ0n) is 48.8. The van der Waals surface area contributed by atoms with Gasteiger partial charge in [0.2, 0.25) is 0 Å². The van der Waals surface area contributed by atoms with Crippen LogP contribution in [0, 0.1) is 0 Å². The van der Waals surface area contributed by atoms with E-state index in [4.69, 9.17) is 0 Å². The Kier molecular flexibility index (Phi) is 18.3. The van der Waals surface area contributed by atoms with Crippen LogP contribution >= 0.6 is 0 Å². The molecule has 0 fully saturated rings. The number of hydrogen-bond acceptors (Lipinski definition) is 8. The maximum atomic E-state index is 4.67. The van der Waals surface area contributed by atoms with Crippen LogP contribution in [0.2, 0.25) is 0 Å². The van der Waals surface area contributed by atoms with Crippen LogP contribution in [0.25, 0.3) is 124 Å². The van der Waals surface area contributed by atoms with Gasteiger partial charge in [0, 0.05) is 118 Å². The Hall–Kier alpha value is -10.6. The maximum absolute atomic E-state index is 4.67. The Balaban J connectivity index is 0.000000136. The van der Waals surface area contributed by atoms with Crippen molar-refractivity contribution in [1.29, 1.82) is 0 Å². The van der Waals surface area contributed by atoms with Crippen LogP contribution in [-0.2, 0) is 19.5 Å². The Bertz CT molecular complexity index is 4170. The van der Waals surface area contributed by atoms with Gasteiger partial charge in [-0.25, -0.2) is 0 Å². The predicted octanol–water partition coefficient (Wildman–Crippen LogP) is 18.8. The minimum Gasteiger partial charge on any atom is -0.378 e. The molecule has 0 aliphatic rings. The van der Waals surface area contributed by atoms with Crippen molar-refractivity contribution in [2.75, 3.05) is 38.0 Å². The van der Waals surface area contributed by atoms with E-state index in [0.29, 0.717) is 0 Å². The normalized spacial score (nSPS) is 11.0. The molecule has 0 unspecified atom stereocenters. The third-order valence-electron chi connectivity index (χ3n) is 15.2. The van der Waals surface area contributed by atoms with Gasteiger partial charge in [0.15, 0.2) is 0 Å². The van der Waals surface area contributed by atoms with Gasteiger partial charge >= 0.3 is 0 Å². The van der Waals surface area contributed by atoms with Crippen molar-refractivity contribution in [3.8, 4) is 55.9 Å². The number of nitrogens with zero attached hydrogens (tertiary/aromatic N) is 8. The number of hydrogen-bond donors (Lipinski definition) is 0. The van der Waals surface area contributed by atoms with Gasteiger partial charge < -0.3 is 9.80 Å². The first-order valence-corrected chi connectivity index (χ1v) is 28.7. The second-order valence-corrected chi connectivity index (χ2v) is 21.2. The van der Waals surface area contributed by atoms with Gasteiger partial charge in [-0.15, -0.1) is 0 Å². The molecule has 9 heteroatoms. The van der Waals surface area contributed by atoms with E-state index < -0.39 is 0 Å². The van der Waals surface area contributed by atoms with Gasteiger partial charge in [-0.2, -0.15) is 0 Å². The van der Waals surface area contributed by atoms with Crippen LogP contribution in [0.15, 0.2) is 280 Å². The van der Waals surface area contributed by atoms with Crippen LogP contribution in [0.5, 0.6) is 0 Å². The zero-order valence-corrected chi connectivity index (χ0v) is 50.5. The standard InChI is InChI=1S/C30H30N4.2C24H16N2.Ru/c1-33(2)27-13-9-23(10-14-27)5-7-25-17-19-31-29(21-25)30-22-26(18-20-32-30)8-6-24-11-15-28(16-12-24)34(3)4;2*1-3-7-17(8-4-1)19-13-15-25-23-21(19)11-12-22-20(14-16-26-24(22)23)18-9-5-2-6-10-18;/h5-22H,1-4H3;2*1-16H;/b7-5+,8-6+;;;. The topological polar surface area (TPSA) is 83.8 Å². The van der Waals surface area contributed by atoms with E-state index in [2.05, 4.69) is 270 Å². The van der Waals surface area contributed by atoms with Gasteiger partial charge in [0.1, 0.15) is 0 Å². The zero-order chi connectivity index (χ0) is 58.6. The molecule has 87 heavy (non-hydrogen) atoms. The molecule has 0 radical (unpaired) electrons. The van der Waals surface area contributed by atoms with E-state index in [1.807, 2.05) is 102 Å². The van der Waals surface area contributed by atoms with Crippen LogP contribution in [-0.4, -0.2) is 58.1 Å². The molecule has 0 aliphatic carbocycles. The number of pyridine rings is 6. The van der Waals surface area contributed by atoms with E-state index in [1.165, 1.54) is 55.9 Å². The van der Waals surface area contributed by atoms with Crippen molar-refractivity contribution in [1.82, 2.24) is 29.9 Å². The minimum absolute atomic E-state index is 0. The Morgan fingerprint density at radius 3 is 0.770 bits per heavy atom. The third kappa shape index (κ3) is 13.5. The average molecular weight is 1210 g/mol. The molecule has 0 saturated heterocycles. The molecule has 14 rings (SSSR count). The molecule has 0 aliphatic heterocycles. The molecule has 6 heterocycles. The number of benzene rings is 8. The van der Waals surface area contributed by atoms with E-state index >= 15 is 0 Å². The maximum Gasteiger partial charge on any atom is 0.0970 e. The van der Waals surface area contributed by atoms with Crippen molar-refractivity contribution >= 4 is 79.3 Å². The first-order chi connectivity index (χ1) is 42.3. The van der Waals surface area contributed by atoms with Gasteiger partial charge in [0.25, 0.3) is 0 Å². The summed E-state index contributed by atoms with van der Waals surface area (Å²) in [5, 5.41) is 4.51. The van der Waals surface area contributed by atoms with Gasteiger partial charge in [-0.3, -0.25) is 29.9 Å². The first-order valence-electron chi connectivity index (χ1n) is 28.7. The third-order valence-corrected chi connectivity index (χ3v) is 15.2. The molecule has 0 bridgehead atoms. The summed E-state index contributed by atoms with van der Waals surface area (Å²) < 4.78 is 0. The van der Waals surface area contributed by atoms with Crippen molar-refractivity contribution < 1.29 is 19.5 Å². The van der Waals surface area contributed by atoms with Crippen molar-refractivity contribution in [2.45, 2.75) is 0 Å². The monoisotopic (exact) mass is 1210 g/mol. The van der Waals surface area contributed by atoms with Gasteiger partial charge in [-0.05, 0) is 140 Å². The SMILES string of the molecule is CN(C)c1ccc(/C=C/c2ccnc(-c3cc(/C=C/c4ccc(N(C)C)cc4)ccn3)c2)cc1.[Ru].c1ccc(-c2ccnc3c2ccc2c(-c4ccccc4)ccnc23)cc1.c1ccc(-c2ccnc3c2ccc2c(-c4ccccc4)ccnc23)cc1. The number of rotatable bonds is 11. The van der Waals surface area contributed by atoms with Crippen molar-refractivity contribution in [3.63, 3.8) is 0 Å². The Morgan fingerprint density at radius 1 is 0.253 bits per heavy atom. The van der Waals surface area contributed by atoms with Crippen LogP contribution in [0.4, 0.5) is 11.4 Å². The summed E-state index contributed by atoms with van der Waals surface area (Å²) in [7, 11) is 8.19. The second-order valence-electron chi connectivity index (χ2n) is 21.2. The summed E-state index contributed by atoms with van der Waals surface area (Å²) in [5.41, 5.74) is 21.9. The second kappa shape index (κ2) is 27.4. The Morgan fingerprint density at radius 2 is 0.506 bits per heavy atom. The number of fused-ring (bicyclic) bond motifs is 6. The quantitative estimate of drug-likeness (QED) is 0.0936. The largest absolute Gasteiger partial charge is 0.378 e. The fourth-order valence-electron chi connectivity index (χ4n) is 10.7. The summed E-state index contributed by atoms with van der Waals surface area (Å²) >= 11 is 0. The van der Waals surface area contributed by atoms with Crippen molar-refractivity contribution in [2.24, 2.45) is 0 Å². The fraction of sp³-hybridized carbons (Fsp3) is 0.0513. The fourth-order valence-corrected chi connectivity index (χ4v) is 10.7. The average Bonchev–Trinajstić information content (AvgIpc) is 1.04. The van der Waals surface area contributed by atoms with Crippen LogP contribution < -0.4 is 9.80 Å². The number of aromatic nitrogens is 6. The molecule has 0 atom stereocenters. The summed E-state index contributed by atoms with van der Waals surface area (Å²) in [6.45, 7) is 0. The van der Waals surface area contributed by atoms with E-state index in [1.54, 1.807) is 0 Å². The number of anilines is 2. The molecule has 0 N–H and O–H groups in total. The summed E-state index contributed by atoms with van der Waals surface area (Å²) in [5.74, 6) is 0. The molecular weight excluding hydrogens is 1150 g/mol. The molecule has 14 aromatic rings. The van der Waals surface area contributed by atoms with E-state index in [9.17, 15) is 0 Å². The predicted molar refractivity (Wildman–Crippen MR) is 363 cm³/mol. The van der Waals surface area contributed by atoms with Gasteiger partial charge in [0.05, 0.1) is 33.5 Å². The molecule has 8 nitrogen and oxygen atoms in total. The summed E-state index contributed by atoms with van der Waals surface area (Å²) in [4.78, 5) is 32.0. The smallest absolute Gasteiger partial charge is 0.0970 e. The van der Waals surface area contributed by atoms with E-state index in [0.717, 1.165) is 77.3 Å². The molecule has 8 aromatic carbocycles. The molecule has 0 spiro atoms. The van der Waals surface area contributed by atoms with Crippen LogP contribution in [0.3, 0.4) is 0 Å². The molecule has 0 amide bonds. The van der Waals surface area contributed by atoms with Gasteiger partial charge in [-0.1, -0.05) is 194 Å². The minimum atomic E-state index is 0. The summed E-state index contributed by atoms with van der Waals surface area (Å²) in [6, 6.07) is 83.8. The Labute approximate surface area is 521 Å². The molecule has 6 aromatic heterocycles. The molecule has 0 saturated carbocycles. The molecule has 422 valence electrons. The first kappa shape index (κ1) is 58.2. The van der Waals surface area contributed by atoms with E-state index in [-0.39, 0.29) is 19.5 Å².